The van der Waals surface area contributed by atoms with E-state index in [4.69, 9.17) is 0 Å². The maximum Gasteiger partial charge on any atom is 0.0985 e. The fourth-order valence-electron chi connectivity index (χ4n) is 0.632. The molecule has 0 saturated heterocycles. The Hall–Kier alpha value is -0.920. The summed E-state index contributed by atoms with van der Waals surface area (Å²) in [5.41, 5.74) is 0. The molecule has 2 heteroatoms. The van der Waals surface area contributed by atoms with E-state index in [1.165, 1.54) is 0 Å². The minimum Gasteiger partial charge on any atom is -0.375 e. The van der Waals surface area contributed by atoms with Crippen molar-refractivity contribution >= 4 is 0 Å². The van der Waals surface area contributed by atoms with Gasteiger partial charge in [0, 0.05) is 13.1 Å². The molecule has 2 nitrogen and oxygen atoms in total. The molecule has 0 aliphatic carbocycles. The van der Waals surface area contributed by atoms with Crippen LogP contribution in [-0.4, -0.2) is 13.1 Å². The molecule has 0 aliphatic heterocycles. The lowest BCUT2D eigenvalue weighted by Crippen LogP contribution is -2.29. The third-order valence-corrected chi connectivity index (χ3v) is 0.998. The second-order valence-electron chi connectivity index (χ2n) is 2.37. The van der Waals surface area contributed by atoms with E-state index in [1.807, 2.05) is 13.1 Å². The molecular formula is C8H16N2. The highest BCUT2D eigenvalue weighted by Gasteiger charge is 1.92. The number of allylic oxidation sites excluding steroid dienone is 2. The molecule has 0 aliphatic rings. The van der Waals surface area contributed by atoms with E-state index in [-0.39, 0.29) is 0 Å². The van der Waals surface area contributed by atoms with Crippen molar-refractivity contribution in [2.24, 2.45) is 0 Å². The Morgan fingerprint density at radius 2 is 2.10 bits per heavy atom. The van der Waals surface area contributed by atoms with Gasteiger partial charge in [-0.15, -0.1) is 0 Å². The largest absolute Gasteiger partial charge is 0.375 e. The summed E-state index contributed by atoms with van der Waals surface area (Å²) in [6.45, 7) is 7.78. The van der Waals surface area contributed by atoms with Crippen LogP contribution in [0.3, 0.4) is 0 Å². The molecule has 0 saturated carbocycles. The monoisotopic (exact) mass is 140 g/mol. The van der Waals surface area contributed by atoms with Gasteiger partial charge in [-0.2, -0.15) is 0 Å². The zero-order valence-electron chi connectivity index (χ0n) is 6.94. The Balaban J connectivity index is 3.82. The van der Waals surface area contributed by atoms with Crippen molar-refractivity contribution in [3.63, 3.8) is 0 Å². The van der Waals surface area contributed by atoms with Crippen LogP contribution in [0.5, 0.6) is 0 Å². The van der Waals surface area contributed by atoms with Crippen LogP contribution in [0.4, 0.5) is 0 Å². The first-order chi connectivity index (χ1) is 4.70. The molecule has 0 aromatic carbocycles. The molecule has 0 aromatic heterocycles. The number of nitrogens with one attached hydrogen (secondary N) is 2. The van der Waals surface area contributed by atoms with Gasteiger partial charge in [0.05, 0.1) is 5.82 Å². The third kappa shape index (κ3) is 4.01. The first-order valence-electron chi connectivity index (χ1n) is 3.47. The lowest BCUT2D eigenvalue weighted by molar-refractivity contribution is 0.632. The van der Waals surface area contributed by atoms with Crippen molar-refractivity contribution in [3.8, 4) is 0 Å². The van der Waals surface area contributed by atoms with Gasteiger partial charge >= 0.3 is 0 Å². The molecule has 0 unspecified atom stereocenters. The Kier molecular flexibility index (Phi) is 4.46. The lowest BCUT2D eigenvalue weighted by atomic mass is 10.4. The predicted molar refractivity (Wildman–Crippen MR) is 45.6 cm³/mol. The summed E-state index contributed by atoms with van der Waals surface area (Å²) in [6.07, 6.45) is 3.65. The van der Waals surface area contributed by atoms with Gasteiger partial charge in [0.1, 0.15) is 0 Å². The van der Waals surface area contributed by atoms with Crippen LogP contribution >= 0.6 is 0 Å². The standard InChI is InChI=1S/C8H16N2/c1-5-6-8(9-4)10-7(2)3/h5-7,9-10H,1H2,2-4H3/b8-6+. The quantitative estimate of drug-likeness (QED) is 0.574. The van der Waals surface area contributed by atoms with Gasteiger partial charge in [-0.3, -0.25) is 0 Å². The molecule has 0 amide bonds. The average Bonchev–Trinajstić information content (AvgIpc) is 1.86. The Morgan fingerprint density at radius 3 is 2.40 bits per heavy atom. The van der Waals surface area contributed by atoms with Crippen molar-refractivity contribution in [2.45, 2.75) is 19.9 Å². The van der Waals surface area contributed by atoms with E-state index in [0.29, 0.717) is 6.04 Å². The molecule has 0 aromatic rings. The summed E-state index contributed by atoms with van der Waals surface area (Å²) in [6, 6.07) is 0.457. The van der Waals surface area contributed by atoms with Crippen LogP contribution < -0.4 is 10.6 Å². The summed E-state index contributed by atoms with van der Waals surface area (Å²) >= 11 is 0. The highest BCUT2D eigenvalue weighted by atomic mass is 15.1. The van der Waals surface area contributed by atoms with Gasteiger partial charge in [-0.25, -0.2) is 0 Å². The topological polar surface area (TPSA) is 24.1 Å². The maximum atomic E-state index is 3.60. The normalized spacial score (nSPS) is 11.4. The Labute approximate surface area is 63.0 Å². The molecule has 58 valence electrons. The Morgan fingerprint density at radius 1 is 1.50 bits per heavy atom. The zero-order valence-corrected chi connectivity index (χ0v) is 6.94. The van der Waals surface area contributed by atoms with Crippen LogP contribution in [0.15, 0.2) is 24.6 Å². The number of rotatable bonds is 4. The number of hydrogen-bond donors (Lipinski definition) is 2. The smallest absolute Gasteiger partial charge is 0.0985 e. The first-order valence-corrected chi connectivity index (χ1v) is 3.47. The van der Waals surface area contributed by atoms with E-state index < -0.39 is 0 Å². The first kappa shape index (κ1) is 9.08. The minimum absolute atomic E-state index is 0.457. The van der Waals surface area contributed by atoms with E-state index in [2.05, 4.69) is 31.1 Å². The fraction of sp³-hybridized carbons (Fsp3) is 0.500. The average molecular weight is 140 g/mol. The van der Waals surface area contributed by atoms with Gasteiger partial charge < -0.3 is 10.6 Å². The second kappa shape index (κ2) is 4.91. The van der Waals surface area contributed by atoms with Gasteiger partial charge in [-0.05, 0) is 19.9 Å². The van der Waals surface area contributed by atoms with Crippen LogP contribution in [0.25, 0.3) is 0 Å². The van der Waals surface area contributed by atoms with Gasteiger partial charge in [0.25, 0.3) is 0 Å². The highest BCUT2D eigenvalue weighted by Crippen LogP contribution is 1.86. The van der Waals surface area contributed by atoms with Crippen molar-refractivity contribution in [2.75, 3.05) is 7.05 Å². The van der Waals surface area contributed by atoms with Crippen molar-refractivity contribution in [1.82, 2.24) is 10.6 Å². The number of hydrogen-bond acceptors (Lipinski definition) is 2. The van der Waals surface area contributed by atoms with Gasteiger partial charge in [-0.1, -0.05) is 12.7 Å². The third-order valence-electron chi connectivity index (χ3n) is 0.998. The van der Waals surface area contributed by atoms with E-state index in [1.54, 1.807) is 6.08 Å². The van der Waals surface area contributed by atoms with E-state index >= 15 is 0 Å². The summed E-state index contributed by atoms with van der Waals surface area (Å²) in [7, 11) is 1.88. The van der Waals surface area contributed by atoms with Crippen LogP contribution in [0, 0.1) is 0 Å². The lowest BCUT2D eigenvalue weighted by Gasteiger charge is -2.12. The molecule has 0 spiro atoms. The van der Waals surface area contributed by atoms with Crippen LogP contribution in [0.1, 0.15) is 13.8 Å². The predicted octanol–water partition coefficient (Wildman–Crippen LogP) is 1.23. The molecule has 0 bridgehead atoms. The molecule has 2 N–H and O–H groups in total. The van der Waals surface area contributed by atoms with E-state index in [0.717, 1.165) is 5.82 Å². The van der Waals surface area contributed by atoms with E-state index in [9.17, 15) is 0 Å². The summed E-state index contributed by atoms with van der Waals surface area (Å²) < 4.78 is 0. The molecule has 0 radical (unpaired) electrons. The highest BCUT2D eigenvalue weighted by molar-refractivity contribution is 5.06. The fourth-order valence-corrected chi connectivity index (χ4v) is 0.632. The molecule has 0 heterocycles. The minimum atomic E-state index is 0.457. The van der Waals surface area contributed by atoms with Crippen molar-refractivity contribution in [3.05, 3.63) is 24.6 Å². The van der Waals surface area contributed by atoms with Crippen LogP contribution in [-0.2, 0) is 0 Å². The molecule has 0 atom stereocenters. The molecular weight excluding hydrogens is 124 g/mol. The van der Waals surface area contributed by atoms with Crippen molar-refractivity contribution in [1.29, 1.82) is 0 Å². The molecule has 0 rings (SSSR count). The Bertz CT molecular complexity index is 125. The SMILES string of the molecule is C=C/C=C(\NC)NC(C)C. The van der Waals surface area contributed by atoms with Gasteiger partial charge in [0.15, 0.2) is 0 Å². The summed E-state index contributed by atoms with van der Waals surface area (Å²) in [5.74, 6) is 1.00. The zero-order chi connectivity index (χ0) is 7.98. The molecule has 0 fully saturated rings. The molecule has 10 heavy (non-hydrogen) atoms. The summed E-state index contributed by atoms with van der Waals surface area (Å²) in [5, 5.41) is 6.22. The van der Waals surface area contributed by atoms with Crippen LogP contribution in [0.2, 0.25) is 0 Å². The van der Waals surface area contributed by atoms with Crippen molar-refractivity contribution < 1.29 is 0 Å². The summed E-state index contributed by atoms with van der Waals surface area (Å²) in [4.78, 5) is 0. The van der Waals surface area contributed by atoms with Gasteiger partial charge in [0.2, 0.25) is 0 Å². The second-order valence-corrected chi connectivity index (χ2v) is 2.37. The maximum absolute atomic E-state index is 3.60.